The van der Waals surface area contributed by atoms with E-state index in [4.69, 9.17) is 4.74 Å². The zero-order valence-corrected chi connectivity index (χ0v) is 11.0. The van der Waals surface area contributed by atoms with Crippen molar-refractivity contribution in [1.82, 2.24) is 9.88 Å². The number of ether oxygens (including phenoxy) is 2. The summed E-state index contributed by atoms with van der Waals surface area (Å²) in [5, 5.41) is 2.57. The first-order valence-corrected chi connectivity index (χ1v) is 6.40. The Hall–Kier alpha value is -1.47. The fourth-order valence-electron chi connectivity index (χ4n) is 1.73. The lowest BCUT2D eigenvalue weighted by Crippen LogP contribution is -2.49. The van der Waals surface area contributed by atoms with Crippen molar-refractivity contribution in [1.29, 1.82) is 0 Å². The minimum Gasteiger partial charge on any atom is -0.467 e. The van der Waals surface area contributed by atoms with Crippen molar-refractivity contribution < 1.29 is 19.1 Å². The van der Waals surface area contributed by atoms with Gasteiger partial charge in [-0.05, 0) is 6.92 Å². The smallest absolute Gasteiger partial charge is 0.336 e. The summed E-state index contributed by atoms with van der Waals surface area (Å²) in [5.41, 5.74) is 0.419. The molecule has 0 N–H and O–H groups in total. The number of nitrogens with zero attached hydrogens (tertiary/aromatic N) is 2. The molecule has 1 aliphatic heterocycles. The maximum absolute atomic E-state index is 12.1. The van der Waals surface area contributed by atoms with Gasteiger partial charge in [-0.1, -0.05) is 0 Å². The Morgan fingerprint density at radius 3 is 3.00 bits per heavy atom. The van der Waals surface area contributed by atoms with Crippen molar-refractivity contribution in [3.05, 3.63) is 16.1 Å². The van der Waals surface area contributed by atoms with Crippen LogP contribution >= 0.6 is 11.3 Å². The van der Waals surface area contributed by atoms with E-state index in [1.807, 2.05) is 6.92 Å². The topological polar surface area (TPSA) is 68.7 Å². The lowest BCUT2D eigenvalue weighted by molar-refractivity contribution is -0.158. The molecule has 0 radical (unpaired) electrons. The SMILES string of the molecule is COC(=O)C1CN(C(=O)c2csc(C)n2)CCO1. The average Bonchev–Trinajstić information content (AvgIpc) is 2.83. The molecule has 6 nitrogen and oxygen atoms in total. The molecule has 1 unspecified atom stereocenters. The van der Waals surface area contributed by atoms with Crippen molar-refractivity contribution in [2.75, 3.05) is 26.8 Å². The molecule has 2 heterocycles. The molecular formula is C11H14N2O4S. The number of hydrogen-bond acceptors (Lipinski definition) is 6. The van der Waals surface area contributed by atoms with E-state index < -0.39 is 12.1 Å². The first kappa shape index (κ1) is 13.0. The van der Waals surface area contributed by atoms with Gasteiger partial charge in [0.25, 0.3) is 5.91 Å². The molecular weight excluding hydrogens is 256 g/mol. The van der Waals surface area contributed by atoms with Crippen LogP contribution in [0, 0.1) is 6.92 Å². The van der Waals surface area contributed by atoms with Gasteiger partial charge in [0, 0.05) is 11.9 Å². The van der Waals surface area contributed by atoms with Gasteiger partial charge in [0.15, 0.2) is 6.10 Å². The summed E-state index contributed by atoms with van der Waals surface area (Å²) in [6.07, 6.45) is -0.701. The van der Waals surface area contributed by atoms with Crippen LogP contribution in [0.15, 0.2) is 5.38 Å². The molecule has 98 valence electrons. The van der Waals surface area contributed by atoms with Crippen LogP contribution in [0.3, 0.4) is 0 Å². The van der Waals surface area contributed by atoms with Gasteiger partial charge < -0.3 is 14.4 Å². The third kappa shape index (κ3) is 2.68. The van der Waals surface area contributed by atoms with E-state index in [9.17, 15) is 9.59 Å². The van der Waals surface area contributed by atoms with Crippen LogP contribution < -0.4 is 0 Å². The summed E-state index contributed by atoms with van der Waals surface area (Å²) in [4.78, 5) is 29.2. The number of carbonyl (C=O) groups excluding carboxylic acids is 2. The Kier molecular flexibility index (Phi) is 3.93. The Labute approximate surface area is 109 Å². The fraction of sp³-hybridized carbons (Fsp3) is 0.545. The van der Waals surface area contributed by atoms with Gasteiger partial charge in [-0.25, -0.2) is 9.78 Å². The standard InChI is InChI=1S/C11H14N2O4S/c1-7-12-8(6-18-7)10(14)13-3-4-17-9(5-13)11(15)16-2/h6,9H,3-5H2,1-2H3. The first-order valence-electron chi connectivity index (χ1n) is 5.52. The number of aryl methyl sites for hydroxylation is 1. The van der Waals surface area contributed by atoms with Crippen LogP contribution in [0.5, 0.6) is 0 Å². The highest BCUT2D eigenvalue weighted by molar-refractivity contribution is 7.09. The number of methoxy groups -OCH3 is 1. The lowest BCUT2D eigenvalue weighted by Gasteiger charge is -2.30. The maximum atomic E-state index is 12.1. The van der Waals surface area contributed by atoms with Crippen molar-refractivity contribution in [3.8, 4) is 0 Å². The van der Waals surface area contributed by atoms with Crippen molar-refractivity contribution in [2.24, 2.45) is 0 Å². The van der Waals surface area contributed by atoms with Crippen LogP contribution in [-0.2, 0) is 14.3 Å². The number of carbonyl (C=O) groups is 2. The van der Waals surface area contributed by atoms with Crippen molar-refractivity contribution in [3.63, 3.8) is 0 Å². The number of amides is 1. The second kappa shape index (κ2) is 5.45. The molecule has 18 heavy (non-hydrogen) atoms. The second-order valence-electron chi connectivity index (χ2n) is 3.89. The van der Waals surface area contributed by atoms with Gasteiger partial charge in [0.1, 0.15) is 5.69 Å². The van der Waals surface area contributed by atoms with Gasteiger partial charge in [0.2, 0.25) is 0 Å². The number of aromatic nitrogens is 1. The maximum Gasteiger partial charge on any atom is 0.336 e. The van der Waals surface area contributed by atoms with Gasteiger partial charge in [-0.15, -0.1) is 11.3 Å². The summed E-state index contributed by atoms with van der Waals surface area (Å²) in [5.74, 6) is -0.626. The Balaban J connectivity index is 2.05. The molecule has 0 bridgehead atoms. The van der Waals surface area contributed by atoms with Gasteiger partial charge in [-0.3, -0.25) is 4.79 Å². The molecule has 0 aliphatic carbocycles. The highest BCUT2D eigenvalue weighted by atomic mass is 32.1. The largest absolute Gasteiger partial charge is 0.467 e. The summed E-state index contributed by atoms with van der Waals surface area (Å²) in [7, 11) is 1.30. The molecule has 0 spiro atoms. The fourth-order valence-corrected chi connectivity index (χ4v) is 2.32. The summed E-state index contributed by atoms with van der Waals surface area (Å²) in [6.45, 7) is 2.84. The third-order valence-corrected chi connectivity index (χ3v) is 3.43. The molecule has 2 rings (SSSR count). The molecule has 0 saturated carbocycles. The number of hydrogen-bond donors (Lipinski definition) is 0. The molecule has 0 aromatic carbocycles. The minimum atomic E-state index is -0.701. The quantitative estimate of drug-likeness (QED) is 0.730. The van der Waals surface area contributed by atoms with E-state index in [1.165, 1.54) is 18.4 Å². The van der Waals surface area contributed by atoms with Gasteiger partial charge >= 0.3 is 5.97 Å². The summed E-state index contributed by atoms with van der Waals surface area (Å²) >= 11 is 1.43. The van der Waals surface area contributed by atoms with E-state index in [1.54, 1.807) is 10.3 Å². The number of morpholine rings is 1. The third-order valence-electron chi connectivity index (χ3n) is 2.66. The molecule has 1 atom stereocenters. The molecule has 1 fully saturated rings. The Morgan fingerprint density at radius 2 is 2.39 bits per heavy atom. The predicted octanol–water partition coefficient (Wildman–Crippen LogP) is 0.466. The molecule has 1 saturated heterocycles. The molecule has 1 aliphatic rings. The zero-order chi connectivity index (χ0) is 13.1. The second-order valence-corrected chi connectivity index (χ2v) is 4.95. The van der Waals surface area contributed by atoms with Gasteiger partial charge in [-0.2, -0.15) is 0 Å². The molecule has 7 heteroatoms. The van der Waals surface area contributed by atoms with E-state index in [2.05, 4.69) is 9.72 Å². The van der Waals surface area contributed by atoms with E-state index in [0.717, 1.165) is 5.01 Å². The minimum absolute atomic E-state index is 0.170. The average molecular weight is 270 g/mol. The highest BCUT2D eigenvalue weighted by Crippen LogP contribution is 2.14. The number of rotatable bonds is 2. The van der Waals surface area contributed by atoms with E-state index in [0.29, 0.717) is 18.8 Å². The predicted molar refractivity (Wildman–Crippen MR) is 64.5 cm³/mol. The number of thiazole rings is 1. The van der Waals surface area contributed by atoms with Crippen molar-refractivity contribution in [2.45, 2.75) is 13.0 Å². The monoisotopic (exact) mass is 270 g/mol. The molecule has 1 aromatic heterocycles. The Morgan fingerprint density at radius 1 is 1.61 bits per heavy atom. The van der Waals surface area contributed by atoms with Crippen LogP contribution in [0.4, 0.5) is 0 Å². The van der Waals surface area contributed by atoms with E-state index >= 15 is 0 Å². The van der Waals surface area contributed by atoms with Crippen molar-refractivity contribution >= 4 is 23.2 Å². The van der Waals surface area contributed by atoms with Crippen LogP contribution in [0.1, 0.15) is 15.5 Å². The summed E-state index contributed by atoms with van der Waals surface area (Å²) in [6, 6.07) is 0. The Bertz CT molecular complexity index is 460. The summed E-state index contributed by atoms with van der Waals surface area (Å²) < 4.78 is 9.88. The van der Waals surface area contributed by atoms with E-state index in [-0.39, 0.29) is 12.5 Å². The van der Waals surface area contributed by atoms with Crippen LogP contribution in [0.25, 0.3) is 0 Å². The molecule has 1 aromatic rings. The zero-order valence-electron chi connectivity index (χ0n) is 10.2. The number of esters is 1. The first-order chi connectivity index (χ1) is 8.61. The van der Waals surface area contributed by atoms with Gasteiger partial charge in [0.05, 0.1) is 25.3 Å². The van der Waals surface area contributed by atoms with Crippen LogP contribution in [0.2, 0.25) is 0 Å². The van der Waals surface area contributed by atoms with Crippen LogP contribution in [-0.4, -0.2) is 54.7 Å². The lowest BCUT2D eigenvalue weighted by atomic mass is 10.2. The highest BCUT2D eigenvalue weighted by Gasteiger charge is 2.31. The normalized spacial score (nSPS) is 19.7. The molecule has 1 amide bonds.